The van der Waals surface area contributed by atoms with Gasteiger partial charge in [-0.15, -0.1) is 0 Å². The fourth-order valence-electron chi connectivity index (χ4n) is 3.39. The summed E-state index contributed by atoms with van der Waals surface area (Å²) in [4.78, 5) is 30.6. The summed E-state index contributed by atoms with van der Waals surface area (Å²) in [6.07, 6.45) is 2.64. The van der Waals surface area contributed by atoms with Crippen LogP contribution in [-0.2, 0) is 17.6 Å². The second kappa shape index (κ2) is 7.60. The van der Waals surface area contributed by atoms with Gasteiger partial charge in [-0.05, 0) is 41.6 Å². The second-order valence-corrected chi connectivity index (χ2v) is 6.71. The van der Waals surface area contributed by atoms with Crippen LogP contribution in [0.5, 0.6) is 5.75 Å². The van der Waals surface area contributed by atoms with Gasteiger partial charge in [0.05, 0.1) is 19.0 Å². The van der Waals surface area contributed by atoms with Crippen LogP contribution in [0.2, 0.25) is 0 Å². The topological polar surface area (TPSA) is 87.0 Å². The Labute approximate surface area is 161 Å². The largest absolute Gasteiger partial charge is 0.497 e. The van der Waals surface area contributed by atoms with Gasteiger partial charge in [-0.3, -0.25) is 9.59 Å². The van der Waals surface area contributed by atoms with E-state index in [-0.39, 0.29) is 11.5 Å². The van der Waals surface area contributed by atoms with Crippen LogP contribution in [0, 0.1) is 0 Å². The van der Waals surface area contributed by atoms with Gasteiger partial charge in [-0.2, -0.15) is 0 Å². The summed E-state index contributed by atoms with van der Waals surface area (Å²) in [6, 6.07) is 15.3. The number of carbonyl (C=O) groups is 1. The van der Waals surface area contributed by atoms with Gasteiger partial charge >= 0.3 is 0 Å². The minimum Gasteiger partial charge on any atom is -0.497 e. The summed E-state index contributed by atoms with van der Waals surface area (Å²) < 4.78 is 5.18. The molecule has 0 saturated carbocycles. The lowest BCUT2D eigenvalue weighted by Gasteiger charge is -2.07. The summed E-state index contributed by atoms with van der Waals surface area (Å²) >= 11 is 0. The monoisotopic (exact) mass is 375 g/mol. The van der Waals surface area contributed by atoms with Gasteiger partial charge in [-0.1, -0.05) is 18.2 Å². The van der Waals surface area contributed by atoms with E-state index in [1.165, 1.54) is 0 Å². The lowest BCUT2D eigenvalue weighted by atomic mass is 10.1. The molecule has 1 amide bonds. The Bertz CT molecular complexity index is 1210. The maximum Gasteiger partial charge on any atom is 0.251 e. The van der Waals surface area contributed by atoms with Crippen molar-refractivity contribution in [1.82, 2.24) is 15.3 Å². The van der Waals surface area contributed by atoms with Crippen LogP contribution in [-0.4, -0.2) is 29.5 Å². The zero-order chi connectivity index (χ0) is 19.5. The van der Waals surface area contributed by atoms with Crippen molar-refractivity contribution in [1.29, 1.82) is 0 Å². The van der Waals surface area contributed by atoms with Crippen LogP contribution < -0.4 is 15.6 Å². The van der Waals surface area contributed by atoms with Gasteiger partial charge in [0.25, 0.3) is 5.56 Å². The van der Waals surface area contributed by atoms with Gasteiger partial charge in [0, 0.05) is 35.3 Å². The lowest BCUT2D eigenvalue weighted by Crippen LogP contribution is -2.28. The molecule has 2 heterocycles. The molecule has 6 nitrogen and oxygen atoms in total. The number of fused-ring (bicyclic) bond motifs is 2. The number of rotatable bonds is 6. The van der Waals surface area contributed by atoms with E-state index in [9.17, 15) is 9.59 Å². The first-order valence-corrected chi connectivity index (χ1v) is 9.15. The molecule has 2 aromatic carbocycles. The quantitative estimate of drug-likeness (QED) is 0.484. The van der Waals surface area contributed by atoms with Crippen molar-refractivity contribution >= 4 is 27.7 Å². The summed E-state index contributed by atoms with van der Waals surface area (Å²) in [5.41, 5.74) is 3.21. The number of hydrogen-bond donors (Lipinski definition) is 3. The molecule has 0 aliphatic rings. The lowest BCUT2D eigenvalue weighted by molar-refractivity contribution is -0.120. The van der Waals surface area contributed by atoms with Crippen molar-refractivity contribution in [3.63, 3.8) is 0 Å². The molecule has 0 fully saturated rings. The molecule has 142 valence electrons. The molecule has 0 spiro atoms. The molecule has 0 unspecified atom stereocenters. The van der Waals surface area contributed by atoms with Crippen molar-refractivity contribution in [3.05, 3.63) is 76.2 Å². The number of carbonyl (C=O) groups excluding carboxylic acids is 1. The highest BCUT2D eigenvalue weighted by molar-refractivity contribution is 5.88. The van der Waals surface area contributed by atoms with Crippen molar-refractivity contribution in [2.24, 2.45) is 0 Å². The van der Waals surface area contributed by atoms with Crippen LogP contribution >= 0.6 is 0 Å². The Hall–Kier alpha value is -3.54. The van der Waals surface area contributed by atoms with Gasteiger partial charge in [-0.25, -0.2) is 0 Å². The van der Waals surface area contributed by atoms with Crippen LogP contribution in [0.4, 0.5) is 0 Å². The normalized spacial score (nSPS) is 11.0. The summed E-state index contributed by atoms with van der Waals surface area (Å²) in [5, 5.41) is 4.89. The number of hydrogen-bond acceptors (Lipinski definition) is 3. The molecule has 0 aliphatic heterocycles. The highest BCUT2D eigenvalue weighted by Crippen LogP contribution is 2.19. The van der Waals surface area contributed by atoms with Crippen molar-refractivity contribution in [2.75, 3.05) is 13.7 Å². The fraction of sp³-hybridized carbons (Fsp3) is 0.182. The molecule has 0 bridgehead atoms. The maximum absolute atomic E-state index is 12.3. The maximum atomic E-state index is 12.3. The summed E-state index contributed by atoms with van der Waals surface area (Å²) in [7, 11) is 1.59. The number of benzene rings is 2. The third-order valence-corrected chi connectivity index (χ3v) is 4.87. The Morgan fingerprint density at radius 2 is 1.93 bits per heavy atom. The molecule has 6 heteroatoms. The SMILES string of the molecule is COc1ccc2cc(CCNC(=O)Cc3c[nH]c4ccccc34)c(=O)[nH]c2c1. The molecule has 4 aromatic rings. The third-order valence-electron chi connectivity index (χ3n) is 4.87. The number of pyridine rings is 1. The predicted molar refractivity (Wildman–Crippen MR) is 110 cm³/mol. The average molecular weight is 375 g/mol. The standard InChI is InChI=1S/C22H21N3O3/c1-28-17-7-6-14-10-15(22(27)25-20(14)12-17)8-9-23-21(26)11-16-13-24-19-5-3-2-4-18(16)19/h2-7,10,12-13,24H,8-9,11H2,1H3,(H,23,26)(H,25,27). The van der Waals surface area contributed by atoms with Crippen molar-refractivity contribution in [2.45, 2.75) is 12.8 Å². The van der Waals surface area contributed by atoms with E-state index in [1.54, 1.807) is 13.2 Å². The number of ether oxygens (including phenoxy) is 1. The minimum absolute atomic E-state index is 0.0632. The minimum atomic E-state index is -0.147. The molecule has 2 aromatic heterocycles. The van der Waals surface area contributed by atoms with Gasteiger partial charge in [0.2, 0.25) is 5.91 Å². The molecule has 28 heavy (non-hydrogen) atoms. The number of amides is 1. The molecule has 4 rings (SSSR count). The van der Waals surface area contributed by atoms with E-state index in [0.717, 1.165) is 27.4 Å². The molecule has 0 aliphatic carbocycles. The van der Waals surface area contributed by atoms with Crippen LogP contribution in [0.3, 0.4) is 0 Å². The number of aromatic nitrogens is 2. The molecule has 0 atom stereocenters. The van der Waals surface area contributed by atoms with Crippen molar-refractivity contribution < 1.29 is 9.53 Å². The zero-order valence-electron chi connectivity index (χ0n) is 15.5. The Morgan fingerprint density at radius 1 is 1.07 bits per heavy atom. The van der Waals surface area contributed by atoms with E-state index in [0.29, 0.717) is 30.7 Å². The molecule has 0 radical (unpaired) electrons. The van der Waals surface area contributed by atoms with E-state index >= 15 is 0 Å². The number of methoxy groups -OCH3 is 1. The van der Waals surface area contributed by atoms with E-state index in [2.05, 4.69) is 15.3 Å². The Morgan fingerprint density at radius 3 is 2.79 bits per heavy atom. The number of aromatic amines is 2. The third kappa shape index (κ3) is 3.62. The van der Waals surface area contributed by atoms with E-state index < -0.39 is 0 Å². The molecular formula is C22H21N3O3. The smallest absolute Gasteiger partial charge is 0.251 e. The number of nitrogens with one attached hydrogen (secondary N) is 3. The first-order valence-electron chi connectivity index (χ1n) is 9.15. The van der Waals surface area contributed by atoms with Crippen molar-refractivity contribution in [3.8, 4) is 5.75 Å². The Balaban J connectivity index is 1.40. The van der Waals surface area contributed by atoms with E-state index in [1.807, 2.05) is 48.7 Å². The first kappa shape index (κ1) is 17.9. The van der Waals surface area contributed by atoms with Gasteiger partial charge < -0.3 is 20.0 Å². The Kier molecular flexibility index (Phi) is 4.85. The molecular weight excluding hydrogens is 354 g/mol. The van der Waals surface area contributed by atoms with Crippen LogP contribution in [0.1, 0.15) is 11.1 Å². The fourth-order valence-corrected chi connectivity index (χ4v) is 3.39. The summed E-state index contributed by atoms with van der Waals surface area (Å²) in [6.45, 7) is 0.409. The highest BCUT2D eigenvalue weighted by Gasteiger charge is 2.09. The van der Waals surface area contributed by atoms with Crippen LogP contribution in [0.25, 0.3) is 21.8 Å². The summed E-state index contributed by atoms with van der Waals surface area (Å²) in [5.74, 6) is 0.632. The first-order chi connectivity index (χ1) is 13.6. The highest BCUT2D eigenvalue weighted by atomic mass is 16.5. The average Bonchev–Trinajstić information content (AvgIpc) is 3.11. The number of para-hydroxylation sites is 1. The zero-order valence-corrected chi connectivity index (χ0v) is 15.5. The molecule has 0 saturated heterocycles. The number of H-pyrrole nitrogens is 2. The molecule has 3 N–H and O–H groups in total. The van der Waals surface area contributed by atoms with Gasteiger partial charge in [0.1, 0.15) is 5.75 Å². The second-order valence-electron chi connectivity index (χ2n) is 6.71. The predicted octanol–water partition coefficient (Wildman–Crippen LogP) is 2.92. The van der Waals surface area contributed by atoms with Crippen LogP contribution in [0.15, 0.2) is 59.5 Å². The van der Waals surface area contributed by atoms with E-state index in [4.69, 9.17) is 4.74 Å². The van der Waals surface area contributed by atoms with Gasteiger partial charge in [0.15, 0.2) is 0 Å².